The minimum absolute atomic E-state index is 0.0278. The Morgan fingerprint density at radius 1 is 0.750 bits per heavy atom. The zero-order valence-corrected chi connectivity index (χ0v) is 19.8. The van der Waals surface area contributed by atoms with Crippen LogP contribution in [-0.4, -0.2) is 12.6 Å². The van der Waals surface area contributed by atoms with Crippen LogP contribution in [0.4, 0.5) is 0 Å². The fraction of sp³-hybridized carbons (Fsp3) is 0.885. The standard InChI is InChI=1S/C26H50O2/c1-6-7-8-9-10-11-12-13-14-15-16-17-18-19-20-25(21-23(2)3)26(27)28-22-24(4)5/h13-14,23-25H,6-12,15-22H2,1-5H3/b14-13-. The summed E-state index contributed by atoms with van der Waals surface area (Å²) < 4.78 is 5.49. The minimum Gasteiger partial charge on any atom is -0.465 e. The first-order valence-electron chi connectivity index (χ1n) is 12.3. The third-order valence-corrected chi connectivity index (χ3v) is 5.21. The van der Waals surface area contributed by atoms with Gasteiger partial charge in [-0.2, -0.15) is 0 Å². The smallest absolute Gasteiger partial charge is 0.308 e. The molecule has 0 rings (SSSR count). The molecule has 0 aromatic carbocycles. The lowest BCUT2D eigenvalue weighted by Crippen LogP contribution is -2.21. The highest BCUT2D eigenvalue weighted by Gasteiger charge is 2.21. The van der Waals surface area contributed by atoms with Gasteiger partial charge in [-0.05, 0) is 50.4 Å². The molecule has 0 amide bonds. The molecule has 0 heterocycles. The highest BCUT2D eigenvalue weighted by atomic mass is 16.5. The molecule has 0 N–H and O–H groups in total. The number of ether oxygens (including phenoxy) is 1. The number of rotatable bonds is 19. The Bertz CT molecular complexity index is 371. The second-order valence-electron chi connectivity index (χ2n) is 9.37. The minimum atomic E-state index is 0.0278. The fourth-order valence-corrected chi connectivity index (χ4v) is 3.55. The topological polar surface area (TPSA) is 26.3 Å². The van der Waals surface area contributed by atoms with Crippen molar-refractivity contribution in [2.75, 3.05) is 6.61 Å². The van der Waals surface area contributed by atoms with Crippen molar-refractivity contribution >= 4 is 5.97 Å². The van der Waals surface area contributed by atoms with Crippen LogP contribution in [0, 0.1) is 17.8 Å². The second-order valence-corrected chi connectivity index (χ2v) is 9.37. The highest BCUT2D eigenvalue weighted by molar-refractivity contribution is 5.72. The van der Waals surface area contributed by atoms with Gasteiger partial charge in [0.15, 0.2) is 0 Å². The van der Waals surface area contributed by atoms with E-state index < -0.39 is 0 Å². The molecule has 2 heteroatoms. The Labute approximate surface area is 176 Å². The Morgan fingerprint density at radius 2 is 1.29 bits per heavy atom. The van der Waals surface area contributed by atoms with Gasteiger partial charge in [0.25, 0.3) is 0 Å². The molecular weight excluding hydrogens is 344 g/mol. The number of unbranched alkanes of at least 4 members (excludes halogenated alkanes) is 10. The van der Waals surface area contributed by atoms with Crippen LogP contribution in [0.25, 0.3) is 0 Å². The number of esters is 1. The molecule has 28 heavy (non-hydrogen) atoms. The lowest BCUT2D eigenvalue weighted by atomic mass is 9.92. The SMILES string of the molecule is CCCCCCCC/C=C\CCCCCCC(CC(C)C)C(=O)OCC(C)C. The van der Waals surface area contributed by atoms with Gasteiger partial charge in [0.05, 0.1) is 12.5 Å². The van der Waals surface area contributed by atoms with Gasteiger partial charge in [0.1, 0.15) is 0 Å². The van der Waals surface area contributed by atoms with E-state index in [2.05, 4.69) is 46.8 Å². The second kappa shape index (κ2) is 19.5. The molecule has 1 atom stereocenters. The maximum absolute atomic E-state index is 12.3. The van der Waals surface area contributed by atoms with Gasteiger partial charge in [-0.15, -0.1) is 0 Å². The van der Waals surface area contributed by atoms with Crippen LogP contribution in [0.15, 0.2) is 12.2 Å². The lowest BCUT2D eigenvalue weighted by molar-refractivity contribution is -0.150. The summed E-state index contributed by atoms with van der Waals surface area (Å²) in [6.45, 7) is 11.4. The van der Waals surface area contributed by atoms with E-state index in [1.54, 1.807) is 0 Å². The molecule has 0 saturated carbocycles. The van der Waals surface area contributed by atoms with E-state index in [0.717, 1.165) is 19.3 Å². The predicted octanol–water partition coefficient (Wildman–Crippen LogP) is 8.50. The summed E-state index contributed by atoms with van der Waals surface area (Å²) in [7, 11) is 0. The third kappa shape index (κ3) is 18.6. The van der Waals surface area contributed by atoms with E-state index in [4.69, 9.17) is 4.74 Å². The first-order valence-corrected chi connectivity index (χ1v) is 12.3. The Kier molecular flexibility index (Phi) is 19.0. The number of carbonyl (C=O) groups is 1. The molecule has 0 aromatic heterocycles. The largest absolute Gasteiger partial charge is 0.465 e. The zero-order chi connectivity index (χ0) is 21.0. The summed E-state index contributed by atoms with van der Waals surface area (Å²) in [5.41, 5.74) is 0. The molecule has 0 fully saturated rings. The summed E-state index contributed by atoms with van der Waals surface area (Å²) in [6, 6.07) is 0. The van der Waals surface area contributed by atoms with E-state index in [-0.39, 0.29) is 11.9 Å². The molecule has 0 saturated heterocycles. The van der Waals surface area contributed by atoms with Gasteiger partial charge in [0.2, 0.25) is 0 Å². The summed E-state index contributed by atoms with van der Waals surface area (Å²) in [4.78, 5) is 12.3. The van der Waals surface area contributed by atoms with Crippen molar-refractivity contribution in [3.63, 3.8) is 0 Å². The maximum atomic E-state index is 12.3. The molecule has 0 radical (unpaired) electrons. The van der Waals surface area contributed by atoms with Gasteiger partial charge in [-0.3, -0.25) is 4.79 Å². The van der Waals surface area contributed by atoms with Crippen LogP contribution in [-0.2, 0) is 9.53 Å². The molecule has 0 aliphatic heterocycles. The molecule has 0 aromatic rings. The quantitative estimate of drug-likeness (QED) is 0.125. The third-order valence-electron chi connectivity index (χ3n) is 5.21. The van der Waals surface area contributed by atoms with Crippen molar-refractivity contribution in [3.8, 4) is 0 Å². The molecular formula is C26H50O2. The lowest BCUT2D eigenvalue weighted by Gasteiger charge is -2.18. The van der Waals surface area contributed by atoms with Crippen molar-refractivity contribution < 1.29 is 9.53 Å². The summed E-state index contributed by atoms with van der Waals surface area (Å²) >= 11 is 0. The molecule has 0 aliphatic rings. The Hall–Kier alpha value is -0.790. The first kappa shape index (κ1) is 27.2. The van der Waals surface area contributed by atoms with Crippen LogP contribution >= 0.6 is 0 Å². The average Bonchev–Trinajstić information content (AvgIpc) is 2.65. The maximum Gasteiger partial charge on any atom is 0.308 e. The van der Waals surface area contributed by atoms with Gasteiger partial charge in [-0.25, -0.2) is 0 Å². The Balaban J connectivity index is 3.70. The molecule has 0 aliphatic carbocycles. The fourth-order valence-electron chi connectivity index (χ4n) is 3.55. The molecule has 1 unspecified atom stereocenters. The van der Waals surface area contributed by atoms with Crippen LogP contribution in [0.3, 0.4) is 0 Å². The number of hydrogen-bond donors (Lipinski definition) is 0. The van der Waals surface area contributed by atoms with Crippen LogP contribution in [0.5, 0.6) is 0 Å². The molecule has 0 spiro atoms. The first-order chi connectivity index (χ1) is 13.5. The van der Waals surface area contributed by atoms with Gasteiger partial charge in [0, 0.05) is 0 Å². The van der Waals surface area contributed by atoms with E-state index in [1.807, 2.05) is 0 Å². The van der Waals surface area contributed by atoms with Crippen molar-refractivity contribution in [2.24, 2.45) is 17.8 Å². The zero-order valence-electron chi connectivity index (χ0n) is 19.8. The molecule has 2 nitrogen and oxygen atoms in total. The van der Waals surface area contributed by atoms with Crippen molar-refractivity contribution in [1.29, 1.82) is 0 Å². The summed E-state index contributed by atoms with van der Waals surface area (Å²) in [5.74, 6) is 1.09. The van der Waals surface area contributed by atoms with Crippen LogP contribution in [0.2, 0.25) is 0 Å². The van der Waals surface area contributed by atoms with Crippen molar-refractivity contribution in [2.45, 2.75) is 125 Å². The molecule has 0 bridgehead atoms. The normalized spacial score (nSPS) is 13.0. The summed E-state index contributed by atoms with van der Waals surface area (Å²) in [5, 5.41) is 0. The number of allylic oxidation sites excluding steroid dienone is 2. The van der Waals surface area contributed by atoms with Crippen molar-refractivity contribution in [1.82, 2.24) is 0 Å². The number of hydrogen-bond acceptors (Lipinski definition) is 2. The van der Waals surface area contributed by atoms with Crippen LogP contribution in [0.1, 0.15) is 125 Å². The molecule has 166 valence electrons. The van der Waals surface area contributed by atoms with E-state index in [1.165, 1.54) is 70.6 Å². The Morgan fingerprint density at radius 3 is 1.82 bits per heavy atom. The summed E-state index contributed by atoms with van der Waals surface area (Å²) in [6.07, 6.45) is 22.4. The average molecular weight is 395 g/mol. The van der Waals surface area contributed by atoms with E-state index >= 15 is 0 Å². The van der Waals surface area contributed by atoms with Crippen molar-refractivity contribution in [3.05, 3.63) is 12.2 Å². The van der Waals surface area contributed by atoms with E-state index in [0.29, 0.717) is 18.4 Å². The van der Waals surface area contributed by atoms with E-state index in [9.17, 15) is 4.79 Å². The van der Waals surface area contributed by atoms with Gasteiger partial charge >= 0.3 is 5.97 Å². The van der Waals surface area contributed by atoms with Gasteiger partial charge in [-0.1, -0.05) is 98.1 Å². The highest BCUT2D eigenvalue weighted by Crippen LogP contribution is 2.21. The van der Waals surface area contributed by atoms with Gasteiger partial charge < -0.3 is 4.74 Å². The number of carbonyl (C=O) groups excluding carboxylic acids is 1. The van der Waals surface area contributed by atoms with Crippen LogP contribution < -0.4 is 0 Å². The monoisotopic (exact) mass is 394 g/mol. The predicted molar refractivity (Wildman–Crippen MR) is 124 cm³/mol.